The Balaban J connectivity index is 1.79. The molecule has 0 fully saturated rings. The number of hydrogen-bond acceptors (Lipinski definition) is 5. The highest BCUT2D eigenvalue weighted by Crippen LogP contribution is 2.18. The normalized spacial score (nSPS) is 10.6. The number of aryl methyl sites for hydroxylation is 2. The Kier molecular flexibility index (Phi) is 9.98. The van der Waals surface area contributed by atoms with Crippen LogP contribution in [0.4, 0.5) is 0 Å². The molecule has 0 saturated heterocycles. The maximum atomic E-state index is 12.6. The van der Waals surface area contributed by atoms with E-state index in [1.54, 1.807) is 7.11 Å². The largest absolute Gasteiger partial charge is 0.497 e. The lowest BCUT2D eigenvalue weighted by atomic mass is 10.1. The van der Waals surface area contributed by atoms with Gasteiger partial charge in [-0.1, -0.05) is 18.6 Å². The van der Waals surface area contributed by atoms with Crippen LogP contribution in [0.15, 0.2) is 30.3 Å². The van der Waals surface area contributed by atoms with Crippen LogP contribution in [-0.2, 0) is 27.3 Å². The van der Waals surface area contributed by atoms with Gasteiger partial charge in [-0.2, -0.15) is 0 Å². The number of hydrogen-bond donors (Lipinski definition) is 1. The zero-order valence-corrected chi connectivity index (χ0v) is 19.5. The summed E-state index contributed by atoms with van der Waals surface area (Å²) < 4.78 is 12.5. The summed E-state index contributed by atoms with van der Waals surface area (Å²) in [5.74, 6) is 0.219. The van der Waals surface area contributed by atoms with Crippen LogP contribution in [0, 0.1) is 13.8 Å². The summed E-state index contributed by atoms with van der Waals surface area (Å²) in [6.07, 6.45) is 3.42. The van der Waals surface area contributed by atoms with E-state index in [-0.39, 0.29) is 30.7 Å². The first kappa shape index (κ1) is 25.2. The van der Waals surface area contributed by atoms with E-state index in [0.29, 0.717) is 18.5 Å². The number of aromatic nitrogens is 1. The number of amides is 1. The minimum Gasteiger partial charge on any atom is -0.497 e. The zero-order chi connectivity index (χ0) is 23.5. The molecule has 0 unspecified atom stereocenters. The fraction of sp³-hybridized carbons (Fsp3) is 0.480. The van der Waals surface area contributed by atoms with Gasteiger partial charge in [0.15, 0.2) is 6.61 Å². The van der Waals surface area contributed by atoms with E-state index in [2.05, 4.69) is 9.88 Å². The third-order valence-electron chi connectivity index (χ3n) is 5.45. The van der Waals surface area contributed by atoms with Crippen LogP contribution in [0.2, 0.25) is 0 Å². The number of carbonyl (C=O) groups is 3. The number of methoxy groups -OCH3 is 1. The predicted molar refractivity (Wildman–Crippen MR) is 123 cm³/mol. The maximum absolute atomic E-state index is 12.6. The average Bonchev–Trinajstić information content (AvgIpc) is 3.06. The van der Waals surface area contributed by atoms with Gasteiger partial charge in [0.1, 0.15) is 5.75 Å². The summed E-state index contributed by atoms with van der Waals surface area (Å²) in [4.78, 5) is 35.3. The molecule has 0 saturated carbocycles. The van der Waals surface area contributed by atoms with Crippen LogP contribution in [0.5, 0.6) is 5.75 Å². The summed E-state index contributed by atoms with van der Waals surface area (Å²) >= 11 is 0. The van der Waals surface area contributed by atoms with Crippen LogP contribution in [0.25, 0.3) is 0 Å². The third-order valence-corrected chi connectivity index (χ3v) is 5.45. The van der Waals surface area contributed by atoms with E-state index in [1.165, 1.54) is 12.5 Å². The van der Waals surface area contributed by atoms with E-state index in [9.17, 15) is 14.4 Å². The van der Waals surface area contributed by atoms with Crippen molar-refractivity contribution in [2.24, 2.45) is 0 Å². The average molecular weight is 443 g/mol. The summed E-state index contributed by atoms with van der Waals surface area (Å²) in [7, 11) is 1.65. The number of ether oxygens (including phenoxy) is 2. The van der Waals surface area contributed by atoms with Crippen LogP contribution < -0.4 is 10.1 Å². The van der Waals surface area contributed by atoms with E-state index in [1.807, 2.05) is 44.2 Å². The number of nitrogens with one attached hydrogen (secondary N) is 1. The standard InChI is InChI=1S/C25H34N2O5/c1-18-16-23(19(2)27(18)15-13-21-9-11-22(31-4)12-10-21)24(29)17-32-25(30)8-6-5-7-14-26-20(3)28/h9-12,16H,5-8,13-15,17H2,1-4H3,(H,26,28). The lowest BCUT2D eigenvalue weighted by Crippen LogP contribution is -2.20. The van der Waals surface area contributed by atoms with Crippen LogP contribution >= 0.6 is 0 Å². The van der Waals surface area contributed by atoms with Crippen LogP contribution in [0.1, 0.15) is 59.9 Å². The molecule has 174 valence electrons. The van der Waals surface area contributed by atoms with Crippen molar-refractivity contribution < 1.29 is 23.9 Å². The zero-order valence-electron chi connectivity index (χ0n) is 19.5. The molecule has 0 spiro atoms. The Hall–Kier alpha value is -3.09. The number of unbranched alkanes of at least 4 members (excludes halogenated alkanes) is 2. The minimum absolute atomic E-state index is 0.0528. The molecule has 1 amide bonds. The molecule has 0 aliphatic heterocycles. The first-order chi connectivity index (χ1) is 15.3. The Morgan fingerprint density at radius 2 is 1.75 bits per heavy atom. The van der Waals surface area contributed by atoms with Crippen molar-refractivity contribution >= 4 is 17.7 Å². The molecule has 32 heavy (non-hydrogen) atoms. The molecule has 7 heteroatoms. The molecule has 0 aliphatic carbocycles. The van der Waals surface area contributed by atoms with E-state index in [0.717, 1.165) is 42.9 Å². The fourth-order valence-corrected chi connectivity index (χ4v) is 3.59. The van der Waals surface area contributed by atoms with Gasteiger partial charge in [0, 0.05) is 43.4 Å². The Morgan fingerprint density at radius 1 is 1.03 bits per heavy atom. The number of esters is 1. The highest BCUT2D eigenvalue weighted by Gasteiger charge is 2.17. The number of nitrogens with zero attached hydrogens (tertiary/aromatic N) is 1. The van der Waals surface area contributed by atoms with Crippen LogP contribution in [-0.4, -0.2) is 42.5 Å². The summed E-state index contributed by atoms with van der Waals surface area (Å²) in [5, 5.41) is 2.72. The molecule has 0 atom stereocenters. The molecule has 1 heterocycles. The van der Waals surface area contributed by atoms with Gasteiger partial charge in [-0.25, -0.2) is 0 Å². The van der Waals surface area contributed by atoms with Gasteiger partial charge in [-0.05, 0) is 56.9 Å². The van der Waals surface area contributed by atoms with Crippen molar-refractivity contribution in [1.29, 1.82) is 0 Å². The van der Waals surface area contributed by atoms with Gasteiger partial charge in [-0.15, -0.1) is 0 Å². The van der Waals surface area contributed by atoms with E-state index < -0.39 is 0 Å². The molecule has 1 N–H and O–H groups in total. The molecule has 2 rings (SSSR count). The monoisotopic (exact) mass is 442 g/mol. The molecule has 0 bridgehead atoms. The smallest absolute Gasteiger partial charge is 0.306 e. The Bertz CT molecular complexity index is 915. The molecule has 1 aromatic carbocycles. The first-order valence-electron chi connectivity index (χ1n) is 11.0. The number of carbonyl (C=O) groups excluding carboxylic acids is 3. The van der Waals surface area contributed by atoms with Crippen molar-refractivity contribution in [1.82, 2.24) is 9.88 Å². The van der Waals surface area contributed by atoms with Gasteiger partial charge in [0.2, 0.25) is 11.7 Å². The van der Waals surface area contributed by atoms with E-state index >= 15 is 0 Å². The summed E-state index contributed by atoms with van der Waals surface area (Å²) in [6.45, 7) is 6.50. The maximum Gasteiger partial charge on any atom is 0.306 e. The molecule has 2 aromatic rings. The van der Waals surface area contributed by atoms with Gasteiger partial charge in [0.05, 0.1) is 7.11 Å². The van der Waals surface area contributed by atoms with Gasteiger partial charge >= 0.3 is 5.97 Å². The van der Waals surface area contributed by atoms with Crippen molar-refractivity contribution in [3.63, 3.8) is 0 Å². The van der Waals surface area contributed by atoms with Crippen molar-refractivity contribution in [3.05, 3.63) is 52.8 Å². The molecular weight excluding hydrogens is 408 g/mol. The second-order valence-corrected chi connectivity index (χ2v) is 7.91. The molecule has 1 aromatic heterocycles. The highest BCUT2D eigenvalue weighted by molar-refractivity contribution is 5.99. The quantitative estimate of drug-likeness (QED) is 0.290. The Morgan fingerprint density at radius 3 is 2.41 bits per heavy atom. The van der Waals surface area contributed by atoms with Crippen molar-refractivity contribution in [3.8, 4) is 5.75 Å². The van der Waals surface area contributed by atoms with Crippen LogP contribution in [0.3, 0.4) is 0 Å². The molecule has 7 nitrogen and oxygen atoms in total. The van der Waals surface area contributed by atoms with E-state index in [4.69, 9.17) is 9.47 Å². The number of Topliss-reactive ketones (excluding diaryl/α,β-unsaturated/α-hetero) is 1. The highest BCUT2D eigenvalue weighted by atomic mass is 16.5. The van der Waals surface area contributed by atoms with Crippen molar-refractivity contribution in [2.45, 2.75) is 59.4 Å². The predicted octanol–water partition coefficient (Wildman–Crippen LogP) is 3.78. The molecule has 0 radical (unpaired) electrons. The topological polar surface area (TPSA) is 86.6 Å². The number of ketones is 1. The molecular formula is C25H34N2O5. The summed E-state index contributed by atoms with van der Waals surface area (Å²) in [6, 6.07) is 9.83. The minimum atomic E-state index is -0.369. The van der Waals surface area contributed by atoms with Gasteiger partial charge in [0.25, 0.3) is 0 Å². The lowest BCUT2D eigenvalue weighted by Gasteiger charge is -2.10. The molecule has 0 aliphatic rings. The third kappa shape index (κ3) is 7.87. The van der Waals surface area contributed by atoms with Gasteiger partial charge < -0.3 is 19.4 Å². The number of benzene rings is 1. The summed E-state index contributed by atoms with van der Waals surface area (Å²) in [5.41, 5.74) is 3.68. The van der Waals surface area contributed by atoms with Gasteiger partial charge in [-0.3, -0.25) is 14.4 Å². The second-order valence-electron chi connectivity index (χ2n) is 7.91. The first-order valence-corrected chi connectivity index (χ1v) is 11.0. The lowest BCUT2D eigenvalue weighted by molar-refractivity contribution is -0.142. The Labute approximate surface area is 190 Å². The second kappa shape index (κ2) is 12.7. The number of rotatable bonds is 13. The fourth-order valence-electron chi connectivity index (χ4n) is 3.59. The van der Waals surface area contributed by atoms with Crippen molar-refractivity contribution in [2.75, 3.05) is 20.3 Å². The SMILES string of the molecule is COc1ccc(CCn2c(C)cc(C(=O)COC(=O)CCCCCNC(C)=O)c2C)cc1.